The molecular formula is C10H9BrF2. The molecule has 1 aromatic carbocycles. The van der Waals surface area contributed by atoms with Gasteiger partial charge in [-0.1, -0.05) is 22.5 Å². The summed E-state index contributed by atoms with van der Waals surface area (Å²) in [5, 5.41) is 0. The van der Waals surface area contributed by atoms with Gasteiger partial charge in [-0.15, -0.1) is 0 Å². The highest BCUT2D eigenvalue weighted by Crippen LogP contribution is 2.31. The lowest BCUT2D eigenvalue weighted by atomic mass is 10.1. The molecule has 0 aliphatic rings. The second-order valence-corrected chi connectivity index (χ2v) is 3.76. The molecule has 0 saturated carbocycles. The van der Waals surface area contributed by atoms with Crippen molar-refractivity contribution in [2.75, 3.05) is 0 Å². The molecule has 0 radical (unpaired) electrons. The molecule has 0 N–H and O–H groups in total. The minimum Gasteiger partial charge on any atom is -0.197 e. The Balaban J connectivity index is 3.22. The number of allylic oxidation sites excluding steroid dienone is 1. The van der Waals surface area contributed by atoms with E-state index in [-0.39, 0.29) is 5.56 Å². The third-order valence-corrected chi connectivity index (χ3v) is 2.14. The van der Waals surface area contributed by atoms with E-state index in [4.69, 9.17) is 0 Å². The summed E-state index contributed by atoms with van der Waals surface area (Å²) < 4.78 is 26.9. The van der Waals surface area contributed by atoms with Crippen LogP contribution in [0.15, 0.2) is 35.3 Å². The number of rotatable bonds is 2. The van der Waals surface area contributed by atoms with Crippen LogP contribution in [0.4, 0.5) is 8.78 Å². The Kier molecular flexibility index (Phi) is 2.86. The van der Waals surface area contributed by atoms with Gasteiger partial charge in [-0.05, 0) is 36.8 Å². The predicted octanol–water partition coefficient (Wildman–Crippen LogP) is 4.04. The molecule has 0 heterocycles. The molecule has 0 fully saturated rings. The summed E-state index contributed by atoms with van der Waals surface area (Å²) in [5.41, 5.74) is 0.764. The van der Waals surface area contributed by atoms with Gasteiger partial charge in [0.1, 0.15) is 0 Å². The van der Waals surface area contributed by atoms with Crippen LogP contribution < -0.4 is 0 Å². The average Bonchev–Trinajstić information content (AvgIpc) is 2.02. The molecular weight excluding hydrogens is 238 g/mol. The molecule has 0 amide bonds. The second-order valence-electron chi connectivity index (χ2n) is 2.84. The topological polar surface area (TPSA) is 0 Å². The van der Waals surface area contributed by atoms with Gasteiger partial charge in [-0.2, -0.15) is 8.78 Å². The maximum Gasteiger partial charge on any atom is 0.291 e. The zero-order valence-electron chi connectivity index (χ0n) is 7.15. The zero-order valence-corrected chi connectivity index (χ0v) is 8.74. The molecule has 1 aromatic rings. The maximum absolute atomic E-state index is 13.1. The fraction of sp³-hybridized carbons (Fsp3) is 0.200. The van der Waals surface area contributed by atoms with E-state index in [9.17, 15) is 8.78 Å². The molecule has 13 heavy (non-hydrogen) atoms. The first kappa shape index (κ1) is 10.4. The molecule has 3 heteroatoms. The summed E-state index contributed by atoms with van der Waals surface area (Å²) in [7, 11) is 0. The van der Waals surface area contributed by atoms with Crippen LogP contribution in [0.25, 0.3) is 0 Å². The van der Waals surface area contributed by atoms with Gasteiger partial charge >= 0.3 is 0 Å². The Hall–Kier alpha value is -0.700. The summed E-state index contributed by atoms with van der Waals surface area (Å²) in [6.07, 6.45) is 0.647. The lowest BCUT2D eigenvalue weighted by Gasteiger charge is -2.12. The molecule has 0 saturated heterocycles. The normalized spacial score (nSPS) is 11.4. The Bertz CT molecular complexity index is 311. The molecule has 0 nitrogen and oxygen atoms in total. The summed E-state index contributed by atoms with van der Waals surface area (Å²) in [6.45, 7) is 4.87. The first-order valence-electron chi connectivity index (χ1n) is 3.75. The second kappa shape index (κ2) is 3.58. The molecule has 0 unspecified atom stereocenters. The minimum atomic E-state index is -2.95. The zero-order chi connectivity index (χ0) is 10.1. The van der Waals surface area contributed by atoms with Crippen molar-refractivity contribution in [3.8, 4) is 0 Å². The van der Waals surface area contributed by atoms with Gasteiger partial charge in [0, 0.05) is 10.0 Å². The highest BCUT2D eigenvalue weighted by atomic mass is 79.9. The van der Waals surface area contributed by atoms with Crippen LogP contribution in [-0.4, -0.2) is 0 Å². The van der Waals surface area contributed by atoms with Gasteiger partial charge in [-0.3, -0.25) is 0 Å². The quantitative estimate of drug-likeness (QED) is 0.692. The van der Waals surface area contributed by atoms with E-state index in [1.54, 1.807) is 13.0 Å². The SMILES string of the molecule is C=CC(F)(F)c1cc(C)cc(Br)c1. The van der Waals surface area contributed by atoms with E-state index in [1.807, 2.05) is 0 Å². The monoisotopic (exact) mass is 246 g/mol. The van der Waals surface area contributed by atoms with Crippen LogP contribution >= 0.6 is 15.9 Å². The Morgan fingerprint density at radius 2 is 2.00 bits per heavy atom. The average molecular weight is 247 g/mol. The number of benzene rings is 1. The molecule has 0 spiro atoms. The molecule has 70 valence electrons. The molecule has 0 aromatic heterocycles. The summed E-state index contributed by atoms with van der Waals surface area (Å²) in [6, 6.07) is 4.63. The number of halogens is 3. The van der Waals surface area contributed by atoms with Crippen molar-refractivity contribution in [1.29, 1.82) is 0 Å². The summed E-state index contributed by atoms with van der Waals surface area (Å²) in [5.74, 6) is -2.95. The number of alkyl halides is 2. The third-order valence-electron chi connectivity index (χ3n) is 1.68. The van der Waals surface area contributed by atoms with E-state index >= 15 is 0 Å². The number of hydrogen-bond acceptors (Lipinski definition) is 0. The van der Waals surface area contributed by atoms with Crippen molar-refractivity contribution in [2.24, 2.45) is 0 Å². The van der Waals surface area contributed by atoms with Crippen LogP contribution in [0.3, 0.4) is 0 Å². The van der Waals surface area contributed by atoms with E-state index < -0.39 is 5.92 Å². The van der Waals surface area contributed by atoms with Gasteiger partial charge in [0.05, 0.1) is 0 Å². The lowest BCUT2D eigenvalue weighted by Crippen LogP contribution is -2.08. The molecule has 0 atom stereocenters. The fourth-order valence-electron chi connectivity index (χ4n) is 1.05. The van der Waals surface area contributed by atoms with Crippen molar-refractivity contribution < 1.29 is 8.78 Å². The van der Waals surface area contributed by atoms with E-state index in [0.717, 1.165) is 5.56 Å². The molecule has 0 aliphatic heterocycles. The summed E-state index contributed by atoms with van der Waals surface area (Å²) >= 11 is 3.17. The van der Waals surface area contributed by atoms with Gasteiger partial charge < -0.3 is 0 Å². The number of aryl methyl sites for hydroxylation is 1. The van der Waals surface area contributed by atoms with Gasteiger partial charge in [0.25, 0.3) is 5.92 Å². The molecule has 0 aliphatic carbocycles. The molecule has 1 rings (SSSR count). The number of hydrogen-bond donors (Lipinski definition) is 0. The Morgan fingerprint density at radius 1 is 1.38 bits per heavy atom. The van der Waals surface area contributed by atoms with Gasteiger partial charge in [0.2, 0.25) is 0 Å². The molecule has 0 bridgehead atoms. The third kappa shape index (κ3) is 2.37. The maximum atomic E-state index is 13.1. The van der Waals surface area contributed by atoms with Crippen LogP contribution in [0.2, 0.25) is 0 Å². The smallest absolute Gasteiger partial charge is 0.197 e. The van der Waals surface area contributed by atoms with E-state index in [1.165, 1.54) is 12.1 Å². The largest absolute Gasteiger partial charge is 0.291 e. The standard InChI is InChI=1S/C10H9BrF2/c1-3-10(12,13)8-4-7(2)5-9(11)6-8/h3-6H,1H2,2H3. The Labute approximate surface area is 84.4 Å². The fourth-order valence-corrected chi connectivity index (χ4v) is 1.65. The summed E-state index contributed by atoms with van der Waals surface area (Å²) in [4.78, 5) is 0. The first-order chi connectivity index (χ1) is 5.95. The predicted molar refractivity (Wildman–Crippen MR) is 53.0 cm³/mol. The van der Waals surface area contributed by atoms with Gasteiger partial charge in [0.15, 0.2) is 0 Å². The van der Waals surface area contributed by atoms with Crippen LogP contribution in [0, 0.1) is 6.92 Å². The van der Waals surface area contributed by atoms with Crippen molar-refractivity contribution in [3.05, 3.63) is 46.5 Å². The lowest BCUT2D eigenvalue weighted by molar-refractivity contribution is 0.0524. The van der Waals surface area contributed by atoms with Crippen LogP contribution in [0.5, 0.6) is 0 Å². The van der Waals surface area contributed by atoms with Crippen LogP contribution in [0.1, 0.15) is 11.1 Å². The van der Waals surface area contributed by atoms with Crippen molar-refractivity contribution in [3.63, 3.8) is 0 Å². The highest BCUT2D eigenvalue weighted by Gasteiger charge is 2.27. The highest BCUT2D eigenvalue weighted by molar-refractivity contribution is 9.10. The minimum absolute atomic E-state index is 0.0330. The van der Waals surface area contributed by atoms with Crippen molar-refractivity contribution in [2.45, 2.75) is 12.8 Å². The van der Waals surface area contributed by atoms with E-state index in [0.29, 0.717) is 10.5 Å². The van der Waals surface area contributed by atoms with Gasteiger partial charge in [-0.25, -0.2) is 0 Å². The van der Waals surface area contributed by atoms with Crippen molar-refractivity contribution in [1.82, 2.24) is 0 Å². The van der Waals surface area contributed by atoms with Crippen molar-refractivity contribution >= 4 is 15.9 Å². The van der Waals surface area contributed by atoms with E-state index in [2.05, 4.69) is 22.5 Å². The van der Waals surface area contributed by atoms with Crippen LogP contribution in [-0.2, 0) is 5.92 Å². The Morgan fingerprint density at radius 3 is 2.46 bits per heavy atom. The first-order valence-corrected chi connectivity index (χ1v) is 4.54.